The molecule has 1 aromatic rings. The molecule has 3 heteroatoms. The van der Waals surface area contributed by atoms with Gasteiger partial charge in [0.05, 0.1) is 17.7 Å². The van der Waals surface area contributed by atoms with Crippen molar-refractivity contribution in [3.05, 3.63) is 21.9 Å². The Morgan fingerprint density at radius 2 is 2.50 bits per heavy atom. The average molecular weight is 181 g/mol. The molecular formula is C9H11NOS. The van der Waals surface area contributed by atoms with E-state index in [1.807, 2.05) is 11.4 Å². The van der Waals surface area contributed by atoms with Crippen LogP contribution in [-0.4, -0.2) is 11.2 Å². The van der Waals surface area contributed by atoms with Gasteiger partial charge in [-0.1, -0.05) is 0 Å². The lowest BCUT2D eigenvalue weighted by molar-refractivity contribution is 0.185. The highest BCUT2D eigenvalue weighted by molar-refractivity contribution is 7.10. The highest BCUT2D eigenvalue weighted by atomic mass is 32.1. The number of rotatable bonds is 3. The van der Waals surface area contributed by atoms with Crippen LogP contribution in [-0.2, 0) is 6.42 Å². The molecule has 1 atom stereocenters. The molecule has 0 saturated heterocycles. The molecule has 0 bridgehead atoms. The van der Waals surface area contributed by atoms with Crippen molar-refractivity contribution in [2.45, 2.75) is 25.9 Å². The van der Waals surface area contributed by atoms with Gasteiger partial charge in [-0.3, -0.25) is 0 Å². The summed E-state index contributed by atoms with van der Waals surface area (Å²) < 4.78 is 0. The van der Waals surface area contributed by atoms with E-state index in [4.69, 9.17) is 10.4 Å². The fourth-order valence-electron chi connectivity index (χ4n) is 0.922. The standard InChI is InChI=1S/C9H11NOS/c1-7(11)2-3-9-4-8(5-10)6-12-9/h4,6-7,11H,2-3H2,1H3/t7-/m1/s1. The summed E-state index contributed by atoms with van der Waals surface area (Å²) in [6.07, 6.45) is 1.38. The number of aryl methyl sites for hydroxylation is 1. The van der Waals surface area contributed by atoms with Gasteiger partial charge in [0.25, 0.3) is 0 Å². The molecule has 64 valence electrons. The summed E-state index contributed by atoms with van der Waals surface area (Å²) in [5.41, 5.74) is 0.723. The van der Waals surface area contributed by atoms with Gasteiger partial charge in [-0.05, 0) is 25.8 Å². The summed E-state index contributed by atoms with van der Waals surface area (Å²) >= 11 is 1.58. The molecule has 1 heterocycles. The van der Waals surface area contributed by atoms with Gasteiger partial charge in [0.2, 0.25) is 0 Å². The maximum atomic E-state index is 9.02. The Morgan fingerprint density at radius 1 is 1.75 bits per heavy atom. The molecule has 0 radical (unpaired) electrons. The SMILES string of the molecule is C[C@@H](O)CCc1cc(C#N)cs1. The zero-order valence-electron chi connectivity index (χ0n) is 6.95. The van der Waals surface area contributed by atoms with E-state index in [9.17, 15) is 0 Å². The molecule has 0 aliphatic heterocycles. The summed E-state index contributed by atoms with van der Waals surface area (Å²) in [6.45, 7) is 1.78. The Labute approximate surface area is 76.1 Å². The van der Waals surface area contributed by atoms with Crippen molar-refractivity contribution in [1.82, 2.24) is 0 Å². The van der Waals surface area contributed by atoms with E-state index < -0.39 is 0 Å². The zero-order chi connectivity index (χ0) is 8.97. The molecule has 0 aliphatic carbocycles. The average Bonchev–Trinajstić information content (AvgIpc) is 2.48. The number of aliphatic hydroxyl groups is 1. The van der Waals surface area contributed by atoms with Crippen LogP contribution >= 0.6 is 11.3 Å². The van der Waals surface area contributed by atoms with Crippen LogP contribution in [0.1, 0.15) is 23.8 Å². The number of nitriles is 1. The monoisotopic (exact) mass is 181 g/mol. The van der Waals surface area contributed by atoms with Crippen LogP contribution in [0, 0.1) is 11.3 Å². The highest BCUT2D eigenvalue weighted by Gasteiger charge is 2.01. The van der Waals surface area contributed by atoms with Crippen molar-refractivity contribution in [3.8, 4) is 6.07 Å². The van der Waals surface area contributed by atoms with E-state index in [1.54, 1.807) is 18.3 Å². The van der Waals surface area contributed by atoms with Crippen LogP contribution < -0.4 is 0 Å². The molecule has 12 heavy (non-hydrogen) atoms. The summed E-state index contributed by atoms with van der Waals surface area (Å²) in [5.74, 6) is 0. The van der Waals surface area contributed by atoms with Crippen LogP contribution in [0.25, 0.3) is 0 Å². The minimum absolute atomic E-state index is 0.252. The van der Waals surface area contributed by atoms with E-state index in [2.05, 4.69) is 6.07 Å². The molecule has 0 fully saturated rings. The Bertz CT molecular complexity index is 285. The molecule has 0 spiro atoms. The van der Waals surface area contributed by atoms with E-state index in [-0.39, 0.29) is 6.10 Å². The molecule has 1 N–H and O–H groups in total. The third-order valence-electron chi connectivity index (χ3n) is 1.59. The van der Waals surface area contributed by atoms with E-state index >= 15 is 0 Å². The number of nitrogens with zero attached hydrogens (tertiary/aromatic N) is 1. The fraction of sp³-hybridized carbons (Fsp3) is 0.444. The molecular weight excluding hydrogens is 170 g/mol. The van der Waals surface area contributed by atoms with Crippen molar-refractivity contribution < 1.29 is 5.11 Å². The minimum Gasteiger partial charge on any atom is -0.393 e. The molecule has 1 aromatic heterocycles. The van der Waals surface area contributed by atoms with E-state index in [1.165, 1.54) is 4.88 Å². The third kappa shape index (κ3) is 2.65. The number of aliphatic hydroxyl groups excluding tert-OH is 1. The van der Waals surface area contributed by atoms with Crippen LogP contribution in [0.15, 0.2) is 11.4 Å². The first-order chi connectivity index (χ1) is 5.72. The maximum absolute atomic E-state index is 9.02. The van der Waals surface area contributed by atoms with Crippen molar-refractivity contribution in [2.24, 2.45) is 0 Å². The van der Waals surface area contributed by atoms with Crippen molar-refractivity contribution >= 4 is 11.3 Å². The van der Waals surface area contributed by atoms with Gasteiger partial charge in [-0.15, -0.1) is 11.3 Å². The van der Waals surface area contributed by atoms with Crippen molar-refractivity contribution in [2.75, 3.05) is 0 Å². The van der Waals surface area contributed by atoms with Gasteiger partial charge in [0, 0.05) is 10.3 Å². The Balaban J connectivity index is 2.48. The van der Waals surface area contributed by atoms with Crippen LogP contribution in [0.2, 0.25) is 0 Å². The summed E-state index contributed by atoms with van der Waals surface area (Å²) in [6, 6.07) is 3.96. The predicted octanol–water partition coefficient (Wildman–Crippen LogP) is 1.93. The number of hydrogen-bond donors (Lipinski definition) is 1. The molecule has 1 rings (SSSR count). The van der Waals surface area contributed by atoms with Gasteiger partial charge in [-0.2, -0.15) is 5.26 Å². The summed E-state index contributed by atoms with van der Waals surface area (Å²) in [5, 5.41) is 19.4. The second-order valence-corrected chi connectivity index (χ2v) is 3.80. The Kier molecular flexibility index (Phi) is 3.27. The lowest BCUT2D eigenvalue weighted by Gasteiger charge is -1.99. The third-order valence-corrected chi connectivity index (χ3v) is 2.59. The van der Waals surface area contributed by atoms with Crippen molar-refractivity contribution in [1.29, 1.82) is 5.26 Å². The van der Waals surface area contributed by atoms with E-state index in [0.717, 1.165) is 18.4 Å². The summed E-state index contributed by atoms with van der Waals surface area (Å²) in [7, 11) is 0. The molecule has 0 aliphatic rings. The molecule has 0 aromatic carbocycles. The van der Waals surface area contributed by atoms with Gasteiger partial charge < -0.3 is 5.11 Å². The normalized spacial score (nSPS) is 12.4. The predicted molar refractivity (Wildman–Crippen MR) is 49.0 cm³/mol. The second-order valence-electron chi connectivity index (χ2n) is 2.80. The lowest BCUT2D eigenvalue weighted by atomic mass is 10.2. The first kappa shape index (κ1) is 9.24. The highest BCUT2D eigenvalue weighted by Crippen LogP contribution is 2.16. The zero-order valence-corrected chi connectivity index (χ0v) is 7.77. The molecule has 0 amide bonds. The fourth-order valence-corrected chi connectivity index (χ4v) is 1.75. The lowest BCUT2D eigenvalue weighted by Crippen LogP contribution is -2.00. The molecule has 0 saturated carbocycles. The van der Waals surface area contributed by atoms with Crippen LogP contribution in [0.3, 0.4) is 0 Å². The Hall–Kier alpha value is -0.850. The van der Waals surface area contributed by atoms with Gasteiger partial charge >= 0.3 is 0 Å². The first-order valence-electron chi connectivity index (χ1n) is 3.88. The Morgan fingerprint density at radius 3 is 3.00 bits per heavy atom. The van der Waals surface area contributed by atoms with Gasteiger partial charge in [-0.25, -0.2) is 0 Å². The largest absolute Gasteiger partial charge is 0.393 e. The minimum atomic E-state index is -0.252. The van der Waals surface area contributed by atoms with Crippen LogP contribution in [0.4, 0.5) is 0 Å². The number of hydrogen-bond acceptors (Lipinski definition) is 3. The number of thiophene rings is 1. The second kappa shape index (κ2) is 4.24. The smallest absolute Gasteiger partial charge is 0.1000 e. The topological polar surface area (TPSA) is 44.0 Å². The van der Waals surface area contributed by atoms with E-state index in [0.29, 0.717) is 0 Å². The molecule has 0 unspecified atom stereocenters. The molecule has 2 nitrogen and oxygen atoms in total. The van der Waals surface area contributed by atoms with Gasteiger partial charge in [0.1, 0.15) is 0 Å². The van der Waals surface area contributed by atoms with Gasteiger partial charge in [0.15, 0.2) is 0 Å². The quantitative estimate of drug-likeness (QED) is 0.774. The van der Waals surface area contributed by atoms with Crippen LogP contribution in [0.5, 0.6) is 0 Å². The summed E-state index contributed by atoms with van der Waals surface area (Å²) in [4.78, 5) is 1.17. The first-order valence-corrected chi connectivity index (χ1v) is 4.76. The maximum Gasteiger partial charge on any atom is 0.1000 e. The van der Waals surface area contributed by atoms with Crippen molar-refractivity contribution in [3.63, 3.8) is 0 Å².